The molecule has 1 aliphatic heterocycles. The number of likely N-dealkylation sites (tertiary alicyclic amines) is 1. The lowest BCUT2D eigenvalue weighted by Crippen LogP contribution is -2.31. The molecule has 7 heteroatoms. The molecule has 1 saturated heterocycles. The Morgan fingerprint density at radius 3 is 2.55 bits per heavy atom. The first kappa shape index (κ1) is 15.1. The van der Waals surface area contributed by atoms with Crippen molar-refractivity contribution >= 4 is 15.9 Å². The van der Waals surface area contributed by atoms with Gasteiger partial charge in [0.25, 0.3) is 5.91 Å². The largest absolute Gasteiger partial charge is 0.356 e. The van der Waals surface area contributed by atoms with Crippen LogP contribution in [0.15, 0.2) is 17.2 Å². The number of amides is 1. The third kappa shape index (κ3) is 3.04. The minimum absolute atomic E-state index is 0.0626. The zero-order valence-corrected chi connectivity index (χ0v) is 12.8. The molecule has 1 fully saturated rings. The lowest BCUT2D eigenvalue weighted by atomic mass is 9.80. The molecule has 1 atom stereocenters. The van der Waals surface area contributed by atoms with Gasteiger partial charge in [-0.05, 0) is 23.8 Å². The van der Waals surface area contributed by atoms with Gasteiger partial charge in [0.2, 0.25) is 10.0 Å². The molecule has 6 nitrogen and oxygen atoms in total. The van der Waals surface area contributed by atoms with Crippen LogP contribution in [0, 0.1) is 11.3 Å². The topological polar surface area (TPSA) is 96.3 Å². The van der Waals surface area contributed by atoms with Crippen LogP contribution in [-0.2, 0) is 10.0 Å². The van der Waals surface area contributed by atoms with Crippen LogP contribution >= 0.6 is 0 Å². The lowest BCUT2D eigenvalue weighted by Gasteiger charge is -2.26. The van der Waals surface area contributed by atoms with Gasteiger partial charge in [-0.3, -0.25) is 4.79 Å². The SMILES string of the molecule is CC(C)(C)C1CCN(C(=O)c2cc(S(N)(=O)=O)c[nH]2)C1. The van der Waals surface area contributed by atoms with Crippen LogP contribution in [0.2, 0.25) is 0 Å². The summed E-state index contributed by atoms with van der Waals surface area (Å²) in [6, 6.07) is 1.29. The smallest absolute Gasteiger partial charge is 0.270 e. The molecule has 0 aromatic carbocycles. The fourth-order valence-corrected chi connectivity index (χ4v) is 2.99. The molecule has 0 saturated carbocycles. The summed E-state index contributed by atoms with van der Waals surface area (Å²) in [7, 11) is -3.78. The van der Waals surface area contributed by atoms with Gasteiger partial charge in [-0.1, -0.05) is 20.8 Å². The Morgan fingerprint density at radius 2 is 2.10 bits per heavy atom. The standard InChI is InChI=1S/C13H21N3O3S/c1-13(2,3)9-4-5-16(8-9)12(17)11-6-10(7-15-11)20(14,18)19/h6-7,9,15H,4-5,8H2,1-3H3,(H2,14,18,19). The fraction of sp³-hybridized carbons (Fsp3) is 0.615. The van der Waals surface area contributed by atoms with Crippen molar-refractivity contribution in [2.75, 3.05) is 13.1 Å². The van der Waals surface area contributed by atoms with Gasteiger partial charge >= 0.3 is 0 Å². The summed E-state index contributed by atoms with van der Waals surface area (Å²) in [4.78, 5) is 16.7. The van der Waals surface area contributed by atoms with Crippen LogP contribution in [-0.4, -0.2) is 37.3 Å². The van der Waals surface area contributed by atoms with Crippen molar-refractivity contribution in [1.29, 1.82) is 0 Å². The van der Waals surface area contributed by atoms with Gasteiger partial charge in [-0.2, -0.15) is 0 Å². The third-order valence-corrected chi connectivity index (χ3v) is 4.81. The van der Waals surface area contributed by atoms with Gasteiger partial charge in [0.15, 0.2) is 0 Å². The maximum Gasteiger partial charge on any atom is 0.270 e. The number of aromatic amines is 1. The summed E-state index contributed by atoms with van der Waals surface area (Å²) < 4.78 is 22.4. The molecule has 1 aromatic rings. The number of aromatic nitrogens is 1. The number of rotatable bonds is 2. The Balaban J connectivity index is 2.12. The summed E-state index contributed by atoms with van der Waals surface area (Å²) >= 11 is 0. The predicted octanol–water partition coefficient (Wildman–Crippen LogP) is 1.17. The van der Waals surface area contributed by atoms with Crippen molar-refractivity contribution in [2.24, 2.45) is 16.5 Å². The number of carbonyl (C=O) groups is 1. The van der Waals surface area contributed by atoms with E-state index in [2.05, 4.69) is 25.8 Å². The summed E-state index contributed by atoms with van der Waals surface area (Å²) in [6.45, 7) is 7.90. The summed E-state index contributed by atoms with van der Waals surface area (Å²) in [5.74, 6) is 0.283. The van der Waals surface area contributed by atoms with E-state index in [-0.39, 0.29) is 21.9 Å². The van der Waals surface area contributed by atoms with E-state index in [0.29, 0.717) is 19.0 Å². The summed E-state index contributed by atoms with van der Waals surface area (Å²) in [5, 5.41) is 5.03. The average Bonchev–Trinajstić information content (AvgIpc) is 2.96. The van der Waals surface area contributed by atoms with Gasteiger partial charge < -0.3 is 9.88 Å². The first-order valence-corrected chi connectivity index (χ1v) is 8.14. The molecule has 1 aliphatic rings. The Bertz CT molecular complexity index is 613. The third-order valence-electron chi connectivity index (χ3n) is 3.92. The van der Waals surface area contributed by atoms with Gasteiger partial charge in [0.1, 0.15) is 5.69 Å². The number of hydrogen-bond acceptors (Lipinski definition) is 3. The highest BCUT2D eigenvalue weighted by molar-refractivity contribution is 7.89. The zero-order valence-electron chi connectivity index (χ0n) is 12.0. The molecule has 2 heterocycles. The van der Waals surface area contributed by atoms with Crippen molar-refractivity contribution in [3.05, 3.63) is 18.0 Å². The maximum atomic E-state index is 12.3. The molecule has 1 unspecified atom stereocenters. The van der Waals surface area contributed by atoms with E-state index >= 15 is 0 Å². The first-order chi connectivity index (χ1) is 9.09. The molecule has 3 N–H and O–H groups in total. The van der Waals surface area contributed by atoms with E-state index in [0.717, 1.165) is 6.42 Å². The number of H-pyrrole nitrogens is 1. The highest BCUT2D eigenvalue weighted by atomic mass is 32.2. The second-order valence-corrected chi connectivity index (χ2v) is 7.96. The van der Waals surface area contributed by atoms with Crippen LogP contribution in [0.4, 0.5) is 0 Å². The Morgan fingerprint density at radius 1 is 1.45 bits per heavy atom. The van der Waals surface area contributed by atoms with Crippen molar-refractivity contribution in [3.8, 4) is 0 Å². The lowest BCUT2D eigenvalue weighted by molar-refractivity contribution is 0.0771. The van der Waals surface area contributed by atoms with Gasteiger partial charge in [-0.15, -0.1) is 0 Å². The molecule has 1 aromatic heterocycles. The normalized spacial score (nSPS) is 20.4. The van der Waals surface area contributed by atoms with Crippen molar-refractivity contribution in [3.63, 3.8) is 0 Å². The van der Waals surface area contributed by atoms with Crippen molar-refractivity contribution in [2.45, 2.75) is 32.1 Å². The van der Waals surface area contributed by atoms with Gasteiger partial charge in [-0.25, -0.2) is 13.6 Å². The Hall–Kier alpha value is -1.34. The van der Waals surface area contributed by atoms with Crippen molar-refractivity contribution in [1.82, 2.24) is 9.88 Å². The monoisotopic (exact) mass is 299 g/mol. The first-order valence-electron chi connectivity index (χ1n) is 6.59. The number of sulfonamides is 1. The highest BCUT2D eigenvalue weighted by Crippen LogP contribution is 2.34. The molecule has 0 spiro atoms. The number of primary sulfonamides is 1. The molecule has 0 bridgehead atoms. The predicted molar refractivity (Wildman–Crippen MR) is 75.6 cm³/mol. The second-order valence-electron chi connectivity index (χ2n) is 6.40. The Kier molecular flexibility index (Phi) is 3.68. The number of nitrogens with zero attached hydrogens (tertiary/aromatic N) is 1. The van der Waals surface area contributed by atoms with E-state index < -0.39 is 10.0 Å². The van der Waals surface area contributed by atoms with Crippen molar-refractivity contribution < 1.29 is 13.2 Å². The maximum absolute atomic E-state index is 12.3. The minimum atomic E-state index is -3.78. The molecular weight excluding hydrogens is 278 g/mol. The molecule has 1 amide bonds. The van der Waals surface area contributed by atoms with Gasteiger partial charge in [0.05, 0.1) is 4.90 Å². The van der Waals surface area contributed by atoms with E-state index in [1.807, 2.05) is 0 Å². The van der Waals surface area contributed by atoms with Crippen LogP contribution in [0.25, 0.3) is 0 Å². The molecule has 0 radical (unpaired) electrons. The summed E-state index contributed by atoms with van der Waals surface area (Å²) in [6.07, 6.45) is 2.22. The van der Waals surface area contributed by atoms with Crippen LogP contribution in [0.1, 0.15) is 37.7 Å². The molecule has 112 valence electrons. The van der Waals surface area contributed by atoms with Gasteiger partial charge in [0, 0.05) is 19.3 Å². The second kappa shape index (κ2) is 4.89. The van der Waals surface area contributed by atoms with Crippen LogP contribution < -0.4 is 5.14 Å². The Labute approximate surface area is 119 Å². The number of hydrogen-bond donors (Lipinski definition) is 2. The summed E-state index contributed by atoms with van der Waals surface area (Å²) in [5.41, 5.74) is 0.430. The zero-order chi connectivity index (χ0) is 15.1. The van der Waals surface area contributed by atoms with E-state index in [1.165, 1.54) is 12.3 Å². The van der Waals surface area contributed by atoms with E-state index in [4.69, 9.17) is 5.14 Å². The quantitative estimate of drug-likeness (QED) is 0.858. The molecule has 2 rings (SSSR count). The average molecular weight is 299 g/mol. The highest BCUT2D eigenvalue weighted by Gasteiger charge is 2.34. The minimum Gasteiger partial charge on any atom is -0.356 e. The van der Waals surface area contributed by atoms with Crippen LogP contribution in [0.3, 0.4) is 0 Å². The van der Waals surface area contributed by atoms with Crippen LogP contribution in [0.5, 0.6) is 0 Å². The molecule has 20 heavy (non-hydrogen) atoms. The number of carbonyl (C=O) groups excluding carboxylic acids is 1. The number of nitrogens with two attached hydrogens (primary N) is 1. The number of nitrogens with one attached hydrogen (secondary N) is 1. The molecule has 0 aliphatic carbocycles. The van der Waals surface area contributed by atoms with E-state index in [1.54, 1.807) is 4.90 Å². The fourth-order valence-electron chi connectivity index (χ4n) is 2.48. The van der Waals surface area contributed by atoms with E-state index in [9.17, 15) is 13.2 Å². The molecular formula is C13H21N3O3S.